The van der Waals surface area contributed by atoms with Crippen LogP contribution in [0, 0.1) is 0 Å². The van der Waals surface area contributed by atoms with Gasteiger partial charge in [0.1, 0.15) is 13.2 Å². The Balaban J connectivity index is -0.0000000378. The maximum atomic E-state index is 9.80. The highest BCUT2D eigenvalue weighted by Crippen LogP contribution is 1.92. The summed E-state index contributed by atoms with van der Waals surface area (Å²) in [5.41, 5.74) is 0. The summed E-state index contributed by atoms with van der Waals surface area (Å²) >= 11 is 2.94. The number of hydrogen-bond donors (Lipinski definition) is 9. The third kappa shape index (κ3) is 248. The van der Waals surface area contributed by atoms with Crippen LogP contribution in [0.4, 0.5) is 4.79 Å². The first-order valence-corrected chi connectivity index (χ1v) is 15.2. The Morgan fingerprint density at radius 1 is 0.511 bits per heavy atom. The summed E-state index contributed by atoms with van der Waals surface area (Å²) in [6.45, 7) is 9.59. The van der Waals surface area contributed by atoms with Gasteiger partial charge < -0.3 is 79.1 Å². The zero-order chi connectivity index (χ0) is 37.8. The van der Waals surface area contributed by atoms with Crippen LogP contribution in [0.1, 0.15) is 26.7 Å². The summed E-state index contributed by atoms with van der Waals surface area (Å²) in [7, 11) is 9.21. The van der Waals surface area contributed by atoms with Gasteiger partial charge in [-0.1, -0.05) is 29.8 Å². The Morgan fingerprint density at radius 2 is 0.689 bits per heavy atom. The van der Waals surface area contributed by atoms with Crippen LogP contribution in [0.5, 0.6) is 0 Å². The monoisotopic (exact) mass is 746 g/mol. The van der Waals surface area contributed by atoms with E-state index in [0.29, 0.717) is 52.9 Å². The largest absolute Gasteiger partial charge is 0.508 e. The zero-order valence-electron chi connectivity index (χ0n) is 29.5. The molecule has 2 heterocycles. The predicted molar refractivity (Wildman–Crippen MR) is 178 cm³/mol. The zero-order valence-corrected chi connectivity index (χ0v) is 31.1. The van der Waals surface area contributed by atoms with Crippen molar-refractivity contribution in [3.05, 3.63) is 0 Å². The van der Waals surface area contributed by atoms with Gasteiger partial charge in [-0.15, -0.1) is 0 Å². The Hall–Kier alpha value is -0.810. The number of methoxy groups -OCH3 is 4. The third-order valence-electron chi connectivity index (χ3n) is 2.36. The molecule has 0 unspecified atom stereocenters. The first-order valence-electron chi connectivity index (χ1n) is 13.6. The van der Waals surface area contributed by atoms with Crippen molar-refractivity contribution in [2.75, 3.05) is 148 Å². The number of aliphatic hydroxyl groups is 9. The van der Waals surface area contributed by atoms with Crippen LogP contribution < -0.4 is 0 Å². The molecule has 0 spiro atoms. The van der Waals surface area contributed by atoms with E-state index >= 15 is 0 Å². The molecule has 288 valence electrons. The summed E-state index contributed by atoms with van der Waals surface area (Å²) in [5.74, 6) is 1.81. The molecule has 0 aliphatic carbocycles. The van der Waals surface area contributed by atoms with E-state index in [2.05, 4.69) is 49.1 Å². The normalized spacial score (nSPS) is 9.82. The van der Waals surface area contributed by atoms with Crippen LogP contribution in [-0.4, -0.2) is 200 Å². The standard InChI is InChI=1S/C3H4O3.4C3H8O2.2C3H8O.C2H4O.CH3Br.3CH4O/c4-3-5-1-2-6-3;4*1-5-3-2-4;2*1-2-3-4;1-2-3-1;4*1-2/h1-2H2;4*4H,2-3H2,1H3;2*4H,2-3H2,1H3;1-2H2;1H3;3*2H,1H3. The van der Waals surface area contributed by atoms with Crippen molar-refractivity contribution in [1.29, 1.82) is 0 Å². The minimum atomic E-state index is -0.546. The average molecular weight is 748 g/mol. The van der Waals surface area contributed by atoms with Gasteiger partial charge >= 0.3 is 6.16 Å². The fourth-order valence-electron chi connectivity index (χ4n) is 0.657. The molecule has 0 bridgehead atoms. The smallest absolute Gasteiger partial charge is 0.431 e. The van der Waals surface area contributed by atoms with Crippen molar-refractivity contribution in [3.63, 3.8) is 0 Å². The van der Waals surface area contributed by atoms with Crippen molar-refractivity contribution in [1.82, 2.24) is 0 Å². The molecule has 0 amide bonds. The van der Waals surface area contributed by atoms with Crippen LogP contribution in [-0.2, 0) is 33.2 Å². The molecule has 0 aromatic heterocycles. The van der Waals surface area contributed by atoms with Crippen molar-refractivity contribution in [2.45, 2.75) is 26.7 Å². The molecule has 0 radical (unpaired) electrons. The highest BCUT2D eigenvalue weighted by molar-refractivity contribution is 9.08. The minimum Gasteiger partial charge on any atom is -0.431 e. The van der Waals surface area contributed by atoms with Crippen LogP contribution in [0.2, 0.25) is 0 Å². The summed E-state index contributed by atoms with van der Waals surface area (Å²) < 4.78 is 30.8. The van der Waals surface area contributed by atoms with Crippen molar-refractivity contribution in [3.8, 4) is 0 Å². The lowest BCUT2D eigenvalue weighted by atomic mass is 10.5. The molecule has 2 rings (SSSR count). The number of carbonyl (C=O) groups excluding carboxylic acids is 1. The fraction of sp³-hybridized carbons (Fsp3) is 0.963. The highest BCUT2D eigenvalue weighted by atomic mass is 79.9. The lowest BCUT2D eigenvalue weighted by Gasteiger charge is -1.84. The molecule has 0 atom stereocenters. The predicted octanol–water partition coefficient (Wildman–Crippen LogP) is -0.716. The molecular formula is C27H71BrO17. The van der Waals surface area contributed by atoms with E-state index in [1.54, 1.807) is 28.4 Å². The number of ether oxygens (including phenoxy) is 7. The first kappa shape index (κ1) is 70.5. The Morgan fingerprint density at radius 3 is 0.711 bits per heavy atom. The van der Waals surface area contributed by atoms with Crippen LogP contribution >= 0.6 is 15.9 Å². The van der Waals surface area contributed by atoms with E-state index in [-0.39, 0.29) is 26.4 Å². The Bertz CT molecular complexity index is 274. The van der Waals surface area contributed by atoms with Gasteiger partial charge in [0, 0.05) is 63.0 Å². The molecule has 0 aromatic carbocycles. The van der Waals surface area contributed by atoms with Crippen LogP contribution in [0.25, 0.3) is 0 Å². The fourth-order valence-corrected chi connectivity index (χ4v) is 0.657. The number of rotatable bonds is 10. The average Bonchev–Trinajstić information content (AvgIpc) is 3.93. The van der Waals surface area contributed by atoms with Gasteiger partial charge in [0.05, 0.1) is 66.1 Å². The van der Waals surface area contributed by atoms with Gasteiger partial charge in [0.15, 0.2) is 0 Å². The number of hydrogen-bond acceptors (Lipinski definition) is 17. The second-order valence-electron chi connectivity index (χ2n) is 5.87. The molecule has 18 heteroatoms. The number of epoxide rings is 1. The third-order valence-corrected chi connectivity index (χ3v) is 2.36. The number of aliphatic hydroxyl groups excluding tert-OH is 9. The van der Waals surface area contributed by atoms with Crippen LogP contribution in [0.3, 0.4) is 0 Å². The number of cyclic esters (lactones) is 2. The lowest BCUT2D eigenvalue weighted by Crippen LogP contribution is -1.91. The van der Waals surface area contributed by atoms with Gasteiger partial charge in [0.2, 0.25) is 0 Å². The van der Waals surface area contributed by atoms with Crippen LogP contribution in [0.15, 0.2) is 0 Å². The Labute approximate surface area is 280 Å². The molecule has 2 fully saturated rings. The number of carbonyl (C=O) groups is 1. The van der Waals surface area contributed by atoms with E-state index in [0.717, 1.165) is 47.4 Å². The van der Waals surface area contributed by atoms with Gasteiger partial charge in [-0.05, 0) is 18.7 Å². The second-order valence-corrected chi connectivity index (χ2v) is 5.87. The number of alkyl halides is 1. The summed E-state index contributed by atoms with van der Waals surface area (Å²) in [4.78, 5) is 9.80. The molecule has 0 aromatic rings. The van der Waals surface area contributed by atoms with E-state index in [1.165, 1.54) is 0 Å². The van der Waals surface area contributed by atoms with Crippen molar-refractivity contribution < 1.29 is 83.9 Å². The summed E-state index contributed by atoms with van der Waals surface area (Å²) in [6.07, 6.45) is 1.20. The first-order chi connectivity index (χ1) is 21.9. The quantitative estimate of drug-likeness (QED) is 0.0759. The van der Waals surface area contributed by atoms with Crippen molar-refractivity contribution >= 4 is 22.1 Å². The summed E-state index contributed by atoms with van der Waals surface area (Å²) in [5, 5.41) is 68.5. The maximum Gasteiger partial charge on any atom is 0.508 e. The number of halogens is 1. The highest BCUT2D eigenvalue weighted by Gasteiger charge is 2.09. The van der Waals surface area contributed by atoms with E-state index in [9.17, 15) is 4.79 Å². The molecule has 17 nitrogen and oxygen atoms in total. The molecular weight excluding hydrogens is 676 g/mol. The molecule has 2 saturated heterocycles. The SMILES string of the molecule is C1CO1.CBr.CCCO.CCCO.CO.CO.CO.COCCO.COCCO.COCCO.COCCO.O=C1OCCO1. The molecule has 45 heavy (non-hydrogen) atoms. The second kappa shape index (κ2) is 121. The van der Waals surface area contributed by atoms with Gasteiger partial charge in [-0.25, -0.2) is 4.79 Å². The summed E-state index contributed by atoms with van der Waals surface area (Å²) in [6, 6.07) is 0. The van der Waals surface area contributed by atoms with Crippen molar-refractivity contribution in [2.24, 2.45) is 0 Å². The molecule has 2 aliphatic heterocycles. The topological polar surface area (TPSA) is 267 Å². The minimum absolute atomic E-state index is 0.122. The van der Waals surface area contributed by atoms with Gasteiger partial charge in [-0.3, -0.25) is 0 Å². The van der Waals surface area contributed by atoms with Gasteiger partial charge in [0.25, 0.3) is 0 Å². The molecule has 9 N–H and O–H groups in total. The Kier molecular flexibility index (Phi) is 190. The van der Waals surface area contributed by atoms with E-state index < -0.39 is 6.16 Å². The van der Waals surface area contributed by atoms with E-state index in [4.69, 9.17) is 46.0 Å². The van der Waals surface area contributed by atoms with E-state index in [1.807, 2.05) is 19.7 Å². The maximum absolute atomic E-state index is 9.80. The lowest BCUT2D eigenvalue weighted by molar-refractivity contribution is 0.131. The van der Waals surface area contributed by atoms with Gasteiger partial charge in [-0.2, -0.15) is 0 Å². The molecule has 0 saturated carbocycles. The molecule has 2 aliphatic rings.